The highest BCUT2D eigenvalue weighted by atomic mass is 16.5. The quantitative estimate of drug-likeness (QED) is 0.726. The summed E-state index contributed by atoms with van der Waals surface area (Å²) in [6, 6.07) is 9.61. The van der Waals surface area contributed by atoms with Gasteiger partial charge >= 0.3 is 0 Å². The van der Waals surface area contributed by atoms with E-state index < -0.39 is 0 Å². The molecule has 1 aliphatic rings. The third-order valence-electron chi connectivity index (χ3n) is 4.05. The van der Waals surface area contributed by atoms with Crippen LogP contribution < -0.4 is 4.74 Å². The van der Waals surface area contributed by atoms with Crippen LogP contribution in [-0.2, 0) is 0 Å². The number of carbonyl (C=O) groups is 1. The lowest BCUT2D eigenvalue weighted by Gasteiger charge is -2.34. The van der Waals surface area contributed by atoms with Crippen LogP contribution in [0.15, 0.2) is 24.3 Å². The zero-order chi connectivity index (χ0) is 16.5. The summed E-state index contributed by atoms with van der Waals surface area (Å²) in [6.07, 6.45) is 2.66. The van der Waals surface area contributed by atoms with Gasteiger partial charge in [-0.25, -0.2) is 0 Å². The Labute approximate surface area is 138 Å². The fourth-order valence-corrected chi connectivity index (χ4v) is 2.62. The minimum absolute atomic E-state index is 0.0610. The number of amides is 1. The lowest BCUT2D eigenvalue weighted by molar-refractivity contribution is 0.0639. The number of unbranched alkanes of at least 4 members (excludes halogenated alkanes) is 1. The lowest BCUT2D eigenvalue weighted by Crippen LogP contribution is -2.48. The summed E-state index contributed by atoms with van der Waals surface area (Å²) in [6.45, 7) is 6.70. The number of nitrogens with zero attached hydrogens (tertiary/aromatic N) is 3. The Morgan fingerprint density at radius 2 is 2.09 bits per heavy atom. The van der Waals surface area contributed by atoms with Crippen molar-refractivity contribution in [3.8, 4) is 11.8 Å². The highest BCUT2D eigenvalue weighted by Gasteiger charge is 2.22. The first-order chi connectivity index (χ1) is 11.2. The number of piperazine rings is 1. The molecule has 0 unspecified atom stereocenters. The Bertz CT molecular complexity index is 545. The van der Waals surface area contributed by atoms with Gasteiger partial charge in [0.2, 0.25) is 0 Å². The zero-order valence-electron chi connectivity index (χ0n) is 13.8. The molecule has 0 bridgehead atoms. The molecule has 1 aromatic rings. The van der Waals surface area contributed by atoms with Crippen LogP contribution in [0.3, 0.4) is 0 Å². The Hall–Kier alpha value is -2.06. The van der Waals surface area contributed by atoms with Crippen LogP contribution in [0, 0.1) is 11.3 Å². The number of rotatable bonds is 7. The van der Waals surface area contributed by atoms with Crippen molar-refractivity contribution in [3.63, 3.8) is 0 Å². The molecule has 0 N–H and O–H groups in total. The van der Waals surface area contributed by atoms with Crippen molar-refractivity contribution in [2.75, 3.05) is 39.3 Å². The molecule has 0 aliphatic carbocycles. The molecule has 124 valence electrons. The minimum Gasteiger partial charge on any atom is -0.494 e. The van der Waals surface area contributed by atoms with Gasteiger partial charge < -0.3 is 9.64 Å². The molecular formula is C18H25N3O2. The molecule has 5 heteroatoms. The van der Waals surface area contributed by atoms with Gasteiger partial charge in [-0.2, -0.15) is 5.26 Å². The number of hydrogen-bond donors (Lipinski definition) is 0. The van der Waals surface area contributed by atoms with Crippen LogP contribution in [0.5, 0.6) is 5.75 Å². The number of nitriles is 1. The maximum Gasteiger partial charge on any atom is 0.254 e. The monoisotopic (exact) mass is 315 g/mol. The third-order valence-corrected chi connectivity index (χ3v) is 4.05. The van der Waals surface area contributed by atoms with Crippen molar-refractivity contribution in [2.24, 2.45) is 0 Å². The number of benzene rings is 1. The van der Waals surface area contributed by atoms with Gasteiger partial charge in [-0.05, 0) is 24.6 Å². The van der Waals surface area contributed by atoms with E-state index in [1.807, 2.05) is 29.2 Å². The fourth-order valence-electron chi connectivity index (χ4n) is 2.62. The Morgan fingerprint density at radius 1 is 1.30 bits per heavy atom. The second kappa shape index (κ2) is 9.16. The normalized spacial score (nSPS) is 15.2. The lowest BCUT2D eigenvalue weighted by atomic mass is 10.1. The second-order valence-electron chi connectivity index (χ2n) is 5.77. The average molecular weight is 315 g/mol. The van der Waals surface area contributed by atoms with Crippen LogP contribution in [-0.4, -0.2) is 55.0 Å². The van der Waals surface area contributed by atoms with E-state index in [1.165, 1.54) is 0 Å². The van der Waals surface area contributed by atoms with Gasteiger partial charge in [-0.1, -0.05) is 19.4 Å². The van der Waals surface area contributed by atoms with E-state index in [2.05, 4.69) is 17.9 Å². The predicted molar refractivity (Wildman–Crippen MR) is 89.4 cm³/mol. The van der Waals surface area contributed by atoms with Crippen molar-refractivity contribution in [1.29, 1.82) is 5.26 Å². The number of carbonyl (C=O) groups excluding carboxylic acids is 1. The molecule has 1 aromatic carbocycles. The molecule has 0 aromatic heterocycles. The molecule has 0 spiro atoms. The van der Waals surface area contributed by atoms with E-state index in [4.69, 9.17) is 10.00 Å². The van der Waals surface area contributed by atoms with E-state index >= 15 is 0 Å². The van der Waals surface area contributed by atoms with E-state index in [-0.39, 0.29) is 5.91 Å². The molecule has 0 saturated carbocycles. The summed E-state index contributed by atoms with van der Waals surface area (Å²) in [5.41, 5.74) is 0.685. The van der Waals surface area contributed by atoms with Crippen molar-refractivity contribution in [3.05, 3.63) is 29.8 Å². The third kappa shape index (κ3) is 5.26. The SMILES string of the molecule is CCCCOc1cccc(C(=O)N2CCN(CCC#N)CC2)c1. The van der Waals surface area contributed by atoms with Gasteiger partial charge in [-0.3, -0.25) is 9.69 Å². The van der Waals surface area contributed by atoms with Crippen molar-refractivity contribution in [1.82, 2.24) is 9.80 Å². The topological polar surface area (TPSA) is 56.6 Å². The molecule has 0 atom stereocenters. The molecule has 1 aliphatic heterocycles. The molecule has 1 fully saturated rings. The molecule has 0 radical (unpaired) electrons. The highest BCUT2D eigenvalue weighted by Crippen LogP contribution is 2.16. The van der Waals surface area contributed by atoms with Gasteiger partial charge in [0.15, 0.2) is 0 Å². The maximum absolute atomic E-state index is 12.6. The van der Waals surface area contributed by atoms with Crippen LogP contribution >= 0.6 is 0 Å². The van der Waals surface area contributed by atoms with Gasteiger partial charge in [0, 0.05) is 44.7 Å². The Kier molecular flexibility index (Phi) is 6.89. The molecule has 23 heavy (non-hydrogen) atoms. The van der Waals surface area contributed by atoms with Gasteiger partial charge in [0.05, 0.1) is 12.7 Å². The van der Waals surface area contributed by atoms with E-state index in [9.17, 15) is 4.79 Å². The summed E-state index contributed by atoms with van der Waals surface area (Å²) >= 11 is 0. The van der Waals surface area contributed by atoms with Crippen LogP contribution in [0.4, 0.5) is 0 Å². The van der Waals surface area contributed by atoms with Crippen molar-refractivity contribution in [2.45, 2.75) is 26.2 Å². The summed E-state index contributed by atoms with van der Waals surface area (Å²) in [5, 5.41) is 8.64. The van der Waals surface area contributed by atoms with Gasteiger partial charge in [0.1, 0.15) is 5.75 Å². The standard InChI is InChI=1S/C18H25N3O2/c1-2-3-14-23-17-7-4-6-16(15-17)18(22)21-12-10-20(11-13-21)9-5-8-19/h4,6-7,15H,2-3,5,9-14H2,1H3. The van der Waals surface area contributed by atoms with E-state index in [0.29, 0.717) is 31.7 Å². The molecule has 5 nitrogen and oxygen atoms in total. The van der Waals surface area contributed by atoms with Crippen molar-refractivity contribution < 1.29 is 9.53 Å². The number of ether oxygens (including phenoxy) is 1. The maximum atomic E-state index is 12.6. The van der Waals surface area contributed by atoms with Crippen LogP contribution in [0.25, 0.3) is 0 Å². The highest BCUT2D eigenvalue weighted by molar-refractivity contribution is 5.94. The predicted octanol–water partition coefficient (Wildman–Crippen LogP) is 2.54. The van der Waals surface area contributed by atoms with Crippen molar-refractivity contribution >= 4 is 5.91 Å². The Morgan fingerprint density at radius 3 is 2.78 bits per heavy atom. The minimum atomic E-state index is 0.0610. The first-order valence-electron chi connectivity index (χ1n) is 8.36. The smallest absolute Gasteiger partial charge is 0.254 e. The summed E-state index contributed by atoms with van der Waals surface area (Å²) in [7, 11) is 0. The van der Waals surface area contributed by atoms with Crippen LogP contribution in [0.2, 0.25) is 0 Å². The molecule has 1 saturated heterocycles. The van der Waals surface area contributed by atoms with E-state index in [1.54, 1.807) is 0 Å². The largest absolute Gasteiger partial charge is 0.494 e. The molecule has 2 rings (SSSR count). The van der Waals surface area contributed by atoms with Gasteiger partial charge in [0.25, 0.3) is 5.91 Å². The molecular weight excluding hydrogens is 290 g/mol. The average Bonchev–Trinajstić information content (AvgIpc) is 2.60. The first-order valence-corrected chi connectivity index (χ1v) is 8.36. The number of hydrogen-bond acceptors (Lipinski definition) is 4. The van der Waals surface area contributed by atoms with E-state index in [0.717, 1.165) is 38.2 Å². The second-order valence-corrected chi connectivity index (χ2v) is 5.77. The van der Waals surface area contributed by atoms with Crippen LogP contribution in [0.1, 0.15) is 36.5 Å². The molecule has 1 amide bonds. The fraction of sp³-hybridized carbons (Fsp3) is 0.556. The zero-order valence-corrected chi connectivity index (χ0v) is 13.8. The first kappa shape index (κ1) is 17.3. The molecule has 1 heterocycles. The Balaban J connectivity index is 1.88. The summed E-state index contributed by atoms with van der Waals surface area (Å²) < 4.78 is 5.68. The van der Waals surface area contributed by atoms with Gasteiger partial charge in [-0.15, -0.1) is 0 Å². The summed E-state index contributed by atoms with van der Waals surface area (Å²) in [5.74, 6) is 0.822. The summed E-state index contributed by atoms with van der Waals surface area (Å²) in [4.78, 5) is 16.7.